The third-order valence-electron chi connectivity index (χ3n) is 5.22. The molecule has 1 aliphatic heterocycles. The summed E-state index contributed by atoms with van der Waals surface area (Å²) in [6.07, 6.45) is 2.93. The van der Waals surface area contributed by atoms with E-state index in [9.17, 15) is 13.2 Å². The van der Waals surface area contributed by atoms with E-state index >= 15 is 0 Å². The number of aryl methyl sites for hydroxylation is 1. The zero-order valence-electron chi connectivity index (χ0n) is 16.6. The van der Waals surface area contributed by atoms with Gasteiger partial charge in [0.1, 0.15) is 5.69 Å². The van der Waals surface area contributed by atoms with Crippen molar-refractivity contribution < 1.29 is 13.2 Å². The van der Waals surface area contributed by atoms with Crippen molar-refractivity contribution in [1.29, 1.82) is 0 Å². The number of thiazole rings is 1. The van der Waals surface area contributed by atoms with Gasteiger partial charge in [-0.3, -0.25) is 9.52 Å². The molecule has 4 rings (SSSR count). The second-order valence-electron chi connectivity index (χ2n) is 7.38. The molecule has 1 saturated heterocycles. The van der Waals surface area contributed by atoms with Crippen LogP contribution in [-0.4, -0.2) is 30.8 Å². The Morgan fingerprint density at radius 3 is 2.57 bits per heavy atom. The van der Waals surface area contributed by atoms with E-state index in [0.29, 0.717) is 6.54 Å². The van der Waals surface area contributed by atoms with Crippen molar-refractivity contribution in [3.05, 3.63) is 76.8 Å². The lowest BCUT2D eigenvalue weighted by Gasteiger charge is -2.35. The highest BCUT2D eigenvalue weighted by Gasteiger charge is 2.30. The summed E-state index contributed by atoms with van der Waals surface area (Å²) in [4.78, 5) is 19.5. The summed E-state index contributed by atoms with van der Waals surface area (Å²) in [5.41, 5.74) is 2.57. The van der Waals surface area contributed by atoms with Crippen LogP contribution in [0.25, 0.3) is 0 Å². The van der Waals surface area contributed by atoms with Gasteiger partial charge in [-0.2, -0.15) is 0 Å². The molecule has 2 aromatic carbocycles. The van der Waals surface area contributed by atoms with Crippen molar-refractivity contribution in [2.45, 2.75) is 37.1 Å². The summed E-state index contributed by atoms with van der Waals surface area (Å²) < 4.78 is 27.5. The SMILES string of the molecule is Cc1ccc(C2CCCCN2C(=O)c2csc(NS(=O)(=O)c3ccccc3)n2)cc1. The van der Waals surface area contributed by atoms with Crippen molar-refractivity contribution in [3.63, 3.8) is 0 Å². The molecule has 30 heavy (non-hydrogen) atoms. The van der Waals surface area contributed by atoms with Crippen molar-refractivity contribution in [2.75, 3.05) is 11.3 Å². The summed E-state index contributed by atoms with van der Waals surface area (Å²) in [7, 11) is -3.74. The maximum absolute atomic E-state index is 13.2. The molecule has 1 aliphatic rings. The minimum absolute atomic E-state index is 0.0120. The van der Waals surface area contributed by atoms with E-state index in [0.717, 1.165) is 36.2 Å². The maximum atomic E-state index is 13.2. The average molecular weight is 442 g/mol. The highest BCUT2D eigenvalue weighted by Crippen LogP contribution is 2.33. The van der Waals surface area contributed by atoms with Crippen LogP contribution in [0, 0.1) is 6.92 Å². The van der Waals surface area contributed by atoms with E-state index in [1.54, 1.807) is 23.6 Å². The quantitative estimate of drug-likeness (QED) is 0.627. The summed E-state index contributed by atoms with van der Waals surface area (Å²) >= 11 is 1.11. The van der Waals surface area contributed by atoms with Crippen LogP contribution in [0.5, 0.6) is 0 Å². The number of sulfonamides is 1. The zero-order chi connectivity index (χ0) is 21.1. The number of rotatable bonds is 5. The fraction of sp³-hybridized carbons (Fsp3) is 0.273. The smallest absolute Gasteiger partial charge is 0.273 e. The van der Waals surface area contributed by atoms with Gasteiger partial charge in [0.25, 0.3) is 15.9 Å². The van der Waals surface area contributed by atoms with Crippen LogP contribution < -0.4 is 4.72 Å². The second-order valence-corrected chi connectivity index (χ2v) is 9.92. The molecule has 1 aromatic heterocycles. The van der Waals surface area contributed by atoms with Crippen LogP contribution >= 0.6 is 11.3 Å². The fourth-order valence-corrected chi connectivity index (χ4v) is 5.61. The van der Waals surface area contributed by atoms with Crippen LogP contribution in [0.15, 0.2) is 64.9 Å². The third-order valence-corrected chi connectivity index (χ3v) is 7.47. The largest absolute Gasteiger partial charge is 0.330 e. The Labute approximate surface area is 180 Å². The second kappa shape index (κ2) is 8.57. The van der Waals surface area contributed by atoms with Gasteiger partial charge in [-0.15, -0.1) is 11.3 Å². The van der Waals surface area contributed by atoms with Crippen molar-refractivity contribution in [3.8, 4) is 0 Å². The number of piperidine rings is 1. The summed E-state index contributed by atoms with van der Waals surface area (Å²) in [6, 6.07) is 16.4. The molecule has 3 aromatic rings. The van der Waals surface area contributed by atoms with Crippen LogP contribution in [0.1, 0.15) is 46.9 Å². The van der Waals surface area contributed by atoms with Gasteiger partial charge >= 0.3 is 0 Å². The first-order valence-electron chi connectivity index (χ1n) is 9.85. The number of anilines is 1. The van der Waals surface area contributed by atoms with Crippen molar-refractivity contribution >= 4 is 32.4 Å². The number of carbonyl (C=O) groups is 1. The van der Waals surface area contributed by atoms with Crippen LogP contribution in [0.3, 0.4) is 0 Å². The Balaban J connectivity index is 1.53. The molecule has 6 nitrogen and oxygen atoms in total. The van der Waals surface area contributed by atoms with Crippen LogP contribution in [0.2, 0.25) is 0 Å². The Kier molecular flexibility index (Phi) is 5.87. The van der Waals surface area contributed by atoms with Gasteiger partial charge in [0.05, 0.1) is 10.9 Å². The molecule has 0 saturated carbocycles. The topological polar surface area (TPSA) is 79.4 Å². The average Bonchev–Trinajstić information content (AvgIpc) is 3.22. The highest BCUT2D eigenvalue weighted by atomic mass is 32.2. The van der Waals surface area contributed by atoms with E-state index in [1.165, 1.54) is 17.7 Å². The number of hydrogen-bond acceptors (Lipinski definition) is 5. The molecule has 1 fully saturated rings. The molecule has 8 heteroatoms. The van der Waals surface area contributed by atoms with Gasteiger partial charge < -0.3 is 4.90 Å². The molecule has 0 bridgehead atoms. The number of aromatic nitrogens is 1. The molecule has 1 amide bonds. The first-order valence-corrected chi connectivity index (χ1v) is 12.2. The monoisotopic (exact) mass is 441 g/mol. The van der Waals surface area contributed by atoms with Gasteiger partial charge in [0, 0.05) is 11.9 Å². The lowest BCUT2D eigenvalue weighted by atomic mass is 9.94. The maximum Gasteiger partial charge on any atom is 0.273 e. The number of nitrogens with one attached hydrogen (secondary N) is 1. The molecule has 0 aliphatic carbocycles. The Morgan fingerprint density at radius 1 is 1.10 bits per heavy atom. The lowest BCUT2D eigenvalue weighted by molar-refractivity contribution is 0.0606. The molecule has 0 radical (unpaired) electrons. The Bertz CT molecular complexity index is 1130. The molecular formula is C22H23N3O3S2. The Hall–Kier alpha value is -2.71. The predicted octanol–water partition coefficient (Wildman–Crippen LogP) is 4.62. The minimum Gasteiger partial charge on any atom is -0.330 e. The van der Waals surface area contributed by atoms with Gasteiger partial charge in [-0.05, 0) is 43.9 Å². The number of amides is 1. The molecule has 1 atom stereocenters. The highest BCUT2D eigenvalue weighted by molar-refractivity contribution is 7.93. The number of nitrogens with zero attached hydrogens (tertiary/aromatic N) is 2. The van der Waals surface area contributed by atoms with E-state index in [4.69, 9.17) is 0 Å². The fourth-order valence-electron chi connectivity index (χ4n) is 3.65. The van der Waals surface area contributed by atoms with Crippen molar-refractivity contribution in [1.82, 2.24) is 9.88 Å². The normalized spacial score (nSPS) is 17.0. The van der Waals surface area contributed by atoms with E-state index in [2.05, 4.69) is 34.0 Å². The van der Waals surface area contributed by atoms with Crippen LogP contribution in [-0.2, 0) is 10.0 Å². The zero-order valence-corrected chi connectivity index (χ0v) is 18.2. The van der Waals surface area contributed by atoms with E-state index in [-0.39, 0.29) is 27.7 Å². The molecule has 1 unspecified atom stereocenters. The number of hydrogen-bond donors (Lipinski definition) is 1. The van der Waals surface area contributed by atoms with Gasteiger partial charge in [-0.1, -0.05) is 48.0 Å². The Morgan fingerprint density at radius 2 is 1.83 bits per heavy atom. The minimum atomic E-state index is -3.74. The number of likely N-dealkylation sites (tertiary alicyclic amines) is 1. The van der Waals surface area contributed by atoms with Gasteiger partial charge in [0.2, 0.25) is 0 Å². The number of carbonyl (C=O) groups excluding carboxylic acids is 1. The molecule has 1 N–H and O–H groups in total. The molecule has 156 valence electrons. The standard InChI is InChI=1S/C22H23N3O3S2/c1-16-10-12-17(13-11-16)20-9-5-6-14-25(20)21(26)19-15-29-22(23-19)24-30(27,28)18-7-3-2-4-8-18/h2-4,7-8,10-13,15,20H,5-6,9,14H2,1H3,(H,23,24). The summed E-state index contributed by atoms with van der Waals surface area (Å²) in [6.45, 7) is 2.71. The molecule has 0 spiro atoms. The van der Waals surface area contributed by atoms with E-state index in [1.807, 2.05) is 11.8 Å². The predicted molar refractivity (Wildman–Crippen MR) is 118 cm³/mol. The number of benzene rings is 2. The first kappa shape index (κ1) is 20.6. The molecule has 2 heterocycles. The van der Waals surface area contributed by atoms with Gasteiger partial charge in [-0.25, -0.2) is 13.4 Å². The van der Waals surface area contributed by atoms with E-state index < -0.39 is 10.0 Å². The van der Waals surface area contributed by atoms with Gasteiger partial charge in [0.15, 0.2) is 5.13 Å². The molecular weight excluding hydrogens is 418 g/mol. The lowest BCUT2D eigenvalue weighted by Crippen LogP contribution is -2.38. The third kappa shape index (κ3) is 4.39. The van der Waals surface area contributed by atoms with Crippen LogP contribution in [0.4, 0.5) is 5.13 Å². The van der Waals surface area contributed by atoms with Crippen molar-refractivity contribution in [2.24, 2.45) is 0 Å². The first-order chi connectivity index (χ1) is 14.4. The summed E-state index contributed by atoms with van der Waals surface area (Å²) in [5, 5.41) is 1.80. The summed E-state index contributed by atoms with van der Waals surface area (Å²) in [5.74, 6) is -0.165.